The van der Waals surface area contributed by atoms with Crippen molar-refractivity contribution in [2.45, 2.75) is 13.8 Å². The number of carbonyl (C=O) groups excluding carboxylic acids is 1. The summed E-state index contributed by atoms with van der Waals surface area (Å²) < 4.78 is 6.88. The average molecular weight is 530 g/mol. The Balaban J connectivity index is 1.35. The molecule has 1 aromatic heterocycles. The second kappa shape index (κ2) is 9.00. The molecule has 7 heteroatoms. The van der Waals surface area contributed by atoms with E-state index >= 15 is 0 Å². The van der Waals surface area contributed by atoms with Crippen molar-refractivity contribution in [3.05, 3.63) is 94.0 Å². The molecule has 0 unspecified atom stereocenters. The number of rotatable bonds is 3. The third-order valence-electron chi connectivity index (χ3n) is 5.45. The highest BCUT2D eigenvalue weighted by atomic mass is 79.9. The number of thiocarbonyl (C=S) groups is 1. The maximum atomic E-state index is 12.9. The Morgan fingerprint density at radius 2 is 1.68 bits per heavy atom. The van der Waals surface area contributed by atoms with Gasteiger partial charge in [0.25, 0.3) is 5.91 Å². The van der Waals surface area contributed by atoms with E-state index in [1.165, 1.54) is 0 Å². The number of halogens is 1. The first kappa shape index (κ1) is 22.3. The standard InChI is InChI=1S/C27H20BrN3O2S/c1-15-11-16(2)13-17(12-15)26-30-23-14-18(9-10-24(23)33-26)29-27(34)31-25(32)21-7-3-6-20-19(21)5-4-8-22(20)28/h3-14H,1-2H3,(H2,29,31,32,34). The molecule has 168 valence electrons. The van der Waals surface area contributed by atoms with Crippen LogP contribution < -0.4 is 10.6 Å². The Kier molecular flexibility index (Phi) is 5.89. The number of aryl methyl sites for hydroxylation is 2. The van der Waals surface area contributed by atoms with Crippen LogP contribution in [0.2, 0.25) is 0 Å². The Labute approximate surface area is 210 Å². The smallest absolute Gasteiger partial charge is 0.258 e. The van der Waals surface area contributed by atoms with Crippen molar-refractivity contribution in [2.75, 3.05) is 5.32 Å². The number of fused-ring (bicyclic) bond motifs is 2. The fraction of sp³-hybridized carbons (Fsp3) is 0.0741. The highest BCUT2D eigenvalue weighted by Gasteiger charge is 2.14. The first-order valence-corrected chi connectivity index (χ1v) is 11.9. The van der Waals surface area contributed by atoms with Crippen LogP contribution >= 0.6 is 28.1 Å². The van der Waals surface area contributed by atoms with E-state index in [0.29, 0.717) is 28.2 Å². The van der Waals surface area contributed by atoms with Crippen LogP contribution in [0, 0.1) is 13.8 Å². The molecule has 34 heavy (non-hydrogen) atoms. The van der Waals surface area contributed by atoms with Gasteiger partial charge in [-0.05, 0) is 79.3 Å². The van der Waals surface area contributed by atoms with Gasteiger partial charge in [0.15, 0.2) is 10.7 Å². The molecule has 0 aliphatic rings. The third kappa shape index (κ3) is 4.44. The first-order valence-electron chi connectivity index (χ1n) is 10.7. The second-order valence-electron chi connectivity index (χ2n) is 8.13. The molecule has 5 nitrogen and oxygen atoms in total. The predicted molar refractivity (Wildman–Crippen MR) is 144 cm³/mol. The lowest BCUT2D eigenvalue weighted by Crippen LogP contribution is -2.34. The minimum Gasteiger partial charge on any atom is -0.436 e. The van der Waals surface area contributed by atoms with Crippen LogP contribution in [0.3, 0.4) is 0 Å². The van der Waals surface area contributed by atoms with E-state index in [1.807, 2.05) is 74.5 Å². The summed E-state index contributed by atoms with van der Waals surface area (Å²) in [5.41, 5.74) is 5.88. The first-order chi connectivity index (χ1) is 16.4. The lowest BCUT2D eigenvalue weighted by molar-refractivity contribution is 0.0979. The summed E-state index contributed by atoms with van der Waals surface area (Å²) >= 11 is 8.93. The maximum absolute atomic E-state index is 12.9. The highest BCUT2D eigenvalue weighted by Crippen LogP contribution is 2.28. The number of hydrogen-bond donors (Lipinski definition) is 2. The zero-order valence-corrected chi connectivity index (χ0v) is 20.9. The molecule has 0 radical (unpaired) electrons. The van der Waals surface area contributed by atoms with Crippen LogP contribution in [0.1, 0.15) is 21.5 Å². The fourth-order valence-electron chi connectivity index (χ4n) is 4.03. The Morgan fingerprint density at radius 1 is 0.941 bits per heavy atom. The minimum atomic E-state index is -0.277. The molecule has 5 aromatic rings. The van der Waals surface area contributed by atoms with Crippen LogP contribution in [-0.2, 0) is 0 Å². The molecule has 1 heterocycles. The van der Waals surface area contributed by atoms with Gasteiger partial charge in [-0.1, -0.05) is 57.4 Å². The van der Waals surface area contributed by atoms with E-state index < -0.39 is 0 Å². The maximum Gasteiger partial charge on any atom is 0.258 e. The van der Waals surface area contributed by atoms with Gasteiger partial charge < -0.3 is 9.73 Å². The van der Waals surface area contributed by atoms with Gasteiger partial charge in [0.2, 0.25) is 5.89 Å². The predicted octanol–water partition coefficient (Wildman–Crippen LogP) is 7.15. The monoisotopic (exact) mass is 529 g/mol. The molecule has 0 saturated heterocycles. The lowest BCUT2D eigenvalue weighted by atomic mass is 10.0. The SMILES string of the molecule is Cc1cc(C)cc(-c2nc3cc(NC(=S)NC(=O)c4cccc5c(Br)cccc45)ccc3o2)c1. The molecule has 2 N–H and O–H groups in total. The van der Waals surface area contributed by atoms with E-state index in [-0.39, 0.29) is 11.0 Å². The number of carbonyl (C=O) groups is 1. The van der Waals surface area contributed by atoms with Gasteiger partial charge in [0.1, 0.15) is 5.52 Å². The molecular formula is C27H20BrN3O2S. The molecule has 0 aliphatic carbocycles. The van der Waals surface area contributed by atoms with Crippen molar-refractivity contribution in [2.24, 2.45) is 0 Å². The number of aromatic nitrogens is 1. The van der Waals surface area contributed by atoms with Crippen LogP contribution in [0.25, 0.3) is 33.3 Å². The van der Waals surface area contributed by atoms with Gasteiger partial charge in [0, 0.05) is 21.3 Å². The summed E-state index contributed by atoms with van der Waals surface area (Å²) in [4.78, 5) is 17.6. The number of nitrogens with zero attached hydrogens (tertiary/aromatic N) is 1. The summed E-state index contributed by atoms with van der Waals surface area (Å²) in [6.07, 6.45) is 0. The highest BCUT2D eigenvalue weighted by molar-refractivity contribution is 9.10. The molecular weight excluding hydrogens is 510 g/mol. The van der Waals surface area contributed by atoms with Gasteiger partial charge in [-0.3, -0.25) is 10.1 Å². The third-order valence-corrected chi connectivity index (χ3v) is 6.35. The van der Waals surface area contributed by atoms with Gasteiger partial charge in [-0.2, -0.15) is 0 Å². The fourth-order valence-corrected chi connectivity index (χ4v) is 4.74. The van der Waals surface area contributed by atoms with E-state index in [9.17, 15) is 4.79 Å². The molecule has 5 rings (SSSR count). The van der Waals surface area contributed by atoms with Crippen molar-refractivity contribution < 1.29 is 9.21 Å². The van der Waals surface area contributed by atoms with Gasteiger partial charge in [-0.25, -0.2) is 4.98 Å². The topological polar surface area (TPSA) is 67.2 Å². The van der Waals surface area contributed by atoms with Gasteiger partial charge in [0.05, 0.1) is 0 Å². The van der Waals surface area contributed by atoms with Crippen LogP contribution in [0.4, 0.5) is 5.69 Å². The van der Waals surface area contributed by atoms with Crippen molar-refractivity contribution in [1.82, 2.24) is 10.3 Å². The number of oxazole rings is 1. The Hall–Kier alpha value is -3.55. The number of nitrogens with one attached hydrogen (secondary N) is 2. The van der Waals surface area contributed by atoms with Gasteiger partial charge in [-0.15, -0.1) is 0 Å². The summed E-state index contributed by atoms with van der Waals surface area (Å²) in [5, 5.41) is 7.85. The summed E-state index contributed by atoms with van der Waals surface area (Å²) in [6.45, 7) is 4.10. The zero-order chi connectivity index (χ0) is 23.8. The van der Waals surface area contributed by atoms with E-state index in [0.717, 1.165) is 31.9 Å². The van der Waals surface area contributed by atoms with Crippen LogP contribution in [-0.4, -0.2) is 16.0 Å². The molecule has 4 aromatic carbocycles. The second-order valence-corrected chi connectivity index (χ2v) is 9.39. The normalized spacial score (nSPS) is 11.0. The molecule has 0 fully saturated rings. The summed E-state index contributed by atoms with van der Waals surface area (Å²) in [6, 6.07) is 23.1. The van der Waals surface area contributed by atoms with E-state index in [1.54, 1.807) is 6.07 Å². The largest absolute Gasteiger partial charge is 0.436 e. The average Bonchev–Trinajstić information content (AvgIpc) is 3.22. The number of benzene rings is 4. The van der Waals surface area contributed by atoms with E-state index in [4.69, 9.17) is 16.6 Å². The van der Waals surface area contributed by atoms with Crippen molar-refractivity contribution in [3.8, 4) is 11.5 Å². The van der Waals surface area contributed by atoms with Crippen molar-refractivity contribution in [3.63, 3.8) is 0 Å². The molecule has 0 aliphatic heterocycles. The Morgan fingerprint density at radius 3 is 2.47 bits per heavy atom. The minimum absolute atomic E-state index is 0.203. The van der Waals surface area contributed by atoms with Crippen molar-refractivity contribution in [1.29, 1.82) is 0 Å². The summed E-state index contributed by atoms with van der Waals surface area (Å²) in [7, 11) is 0. The van der Waals surface area contributed by atoms with Crippen LogP contribution in [0.15, 0.2) is 81.7 Å². The molecule has 0 saturated carbocycles. The molecule has 0 bridgehead atoms. The number of hydrogen-bond acceptors (Lipinski definition) is 4. The quantitative estimate of drug-likeness (QED) is 0.243. The number of amides is 1. The summed E-state index contributed by atoms with van der Waals surface area (Å²) in [5.74, 6) is 0.290. The van der Waals surface area contributed by atoms with Crippen molar-refractivity contribution >= 4 is 66.7 Å². The molecule has 0 spiro atoms. The van der Waals surface area contributed by atoms with Crippen LogP contribution in [0.5, 0.6) is 0 Å². The van der Waals surface area contributed by atoms with Gasteiger partial charge >= 0.3 is 0 Å². The Bertz CT molecular complexity index is 1570. The molecule has 1 amide bonds. The molecule has 0 atom stereocenters. The lowest BCUT2D eigenvalue weighted by Gasteiger charge is -2.11. The zero-order valence-electron chi connectivity index (χ0n) is 18.5. The number of anilines is 1. The van der Waals surface area contributed by atoms with E-state index in [2.05, 4.69) is 37.6 Å².